The topological polar surface area (TPSA) is 95.9 Å². The zero-order valence-corrected chi connectivity index (χ0v) is 51.0. The number of carbonyl (C=O) groups excluding carboxylic acids is 2. The van der Waals surface area contributed by atoms with E-state index >= 15 is 0 Å². The summed E-state index contributed by atoms with van der Waals surface area (Å²) in [5.74, 6) is -0.0800. The highest BCUT2D eigenvalue weighted by atomic mass is 16.5. The van der Waals surface area contributed by atoms with Crippen molar-refractivity contribution < 1.29 is 24.5 Å². The van der Waals surface area contributed by atoms with Gasteiger partial charge in [-0.15, -0.1) is 0 Å². The SMILES string of the molecule is CCCC/C=C\CCCCCCCC(=O)OCCCCCCCCCCC/C=C\C/C=C\CCCCCCCCCC(=O)NC(CO)C(O)/C=C/CCCCCCCCCCCCCCCCCCCCCCCCC. The quantitative estimate of drug-likeness (QED) is 0.0320. The van der Waals surface area contributed by atoms with Gasteiger partial charge in [0.1, 0.15) is 0 Å². The maximum absolute atomic E-state index is 12.5. The van der Waals surface area contributed by atoms with Gasteiger partial charge in [-0.25, -0.2) is 0 Å². The molecule has 2 unspecified atom stereocenters. The lowest BCUT2D eigenvalue weighted by atomic mass is 10.0. The van der Waals surface area contributed by atoms with E-state index in [2.05, 4.69) is 55.6 Å². The number of aliphatic hydroxyl groups is 2. The molecule has 0 aromatic carbocycles. The van der Waals surface area contributed by atoms with Crippen molar-refractivity contribution in [3.63, 3.8) is 0 Å². The van der Waals surface area contributed by atoms with Crippen LogP contribution in [0.3, 0.4) is 0 Å². The van der Waals surface area contributed by atoms with Gasteiger partial charge in [0, 0.05) is 12.8 Å². The lowest BCUT2D eigenvalue weighted by Crippen LogP contribution is -2.45. The van der Waals surface area contributed by atoms with Crippen LogP contribution in [0.5, 0.6) is 0 Å². The lowest BCUT2D eigenvalue weighted by molar-refractivity contribution is -0.143. The number of esters is 1. The molecule has 0 saturated heterocycles. The third-order valence-electron chi connectivity index (χ3n) is 15.6. The summed E-state index contributed by atoms with van der Waals surface area (Å²) in [7, 11) is 0. The van der Waals surface area contributed by atoms with Gasteiger partial charge in [-0.1, -0.05) is 313 Å². The number of allylic oxidation sites excluding steroid dienone is 7. The van der Waals surface area contributed by atoms with E-state index in [9.17, 15) is 19.8 Å². The first-order chi connectivity index (χ1) is 37.5. The molecule has 0 aromatic rings. The van der Waals surface area contributed by atoms with Crippen LogP contribution in [0, 0.1) is 0 Å². The van der Waals surface area contributed by atoms with Crippen molar-refractivity contribution in [2.24, 2.45) is 0 Å². The van der Waals surface area contributed by atoms with Crippen LogP contribution >= 0.6 is 0 Å². The van der Waals surface area contributed by atoms with Crippen molar-refractivity contribution in [3.05, 3.63) is 48.6 Å². The minimum absolute atomic E-state index is 0.00457. The number of hydrogen-bond acceptors (Lipinski definition) is 5. The summed E-state index contributed by atoms with van der Waals surface area (Å²) in [5, 5.41) is 23.3. The Morgan fingerprint density at radius 3 is 1.05 bits per heavy atom. The molecule has 0 radical (unpaired) electrons. The normalized spacial score (nSPS) is 12.8. The van der Waals surface area contributed by atoms with E-state index in [-0.39, 0.29) is 18.5 Å². The number of amides is 1. The summed E-state index contributed by atoms with van der Waals surface area (Å²) in [6.07, 6.45) is 84.6. The van der Waals surface area contributed by atoms with Crippen LogP contribution in [0.1, 0.15) is 361 Å². The number of hydrogen-bond donors (Lipinski definition) is 3. The predicted molar refractivity (Wildman–Crippen MR) is 333 cm³/mol. The summed E-state index contributed by atoms with van der Waals surface area (Å²) in [6, 6.07) is -0.638. The molecule has 0 rings (SSSR count). The second-order valence-electron chi connectivity index (χ2n) is 23.1. The Labute approximate surface area is 474 Å². The van der Waals surface area contributed by atoms with Gasteiger partial charge in [0.2, 0.25) is 5.91 Å². The van der Waals surface area contributed by atoms with Crippen molar-refractivity contribution in [2.75, 3.05) is 13.2 Å². The fraction of sp³-hybridized carbons (Fsp3) is 0.857. The average molecular weight is 1070 g/mol. The molecule has 76 heavy (non-hydrogen) atoms. The van der Waals surface area contributed by atoms with E-state index in [4.69, 9.17) is 4.74 Å². The Hall–Kier alpha value is -2.18. The molecule has 0 fully saturated rings. The first-order valence-electron chi connectivity index (χ1n) is 33.9. The molecule has 3 N–H and O–H groups in total. The van der Waals surface area contributed by atoms with Crippen LogP contribution < -0.4 is 5.32 Å². The predicted octanol–water partition coefficient (Wildman–Crippen LogP) is 21.7. The molecule has 6 nitrogen and oxygen atoms in total. The smallest absolute Gasteiger partial charge is 0.305 e. The zero-order valence-electron chi connectivity index (χ0n) is 51.0. The summed E-state index contributed by atoms with van der Waals surface area (Å²) < 4.78 is 5.46. The minimum Gasteiger partial charge on any atom is -0.466 e. The second-order valence-corrected chi connectivity index (χ2v) is 23.1. The monoisotopic (exact) mass is 1070 g/mol. The average Bonchev–Trinajstić information content (AvgIpc) is 3.42. The molecule has 0 heterocycles. The molecule has 0 bridgehead atoms. The number of nitrogens with one attached hydrogen (secondary N) is 1. The highest BCUT2D eigenvalue weighted by Crippen LogP contribution is 2.18. The standard InChI is InChI=1S/C70H131NO5/c1-3-5-7-9-11-13-15-16-17-18-19-20-21-22-24-27-30-33-36-39-43-46-50-54-58-62-68(73)67(66-72)71-69(74)63-59-55-51-47-44-40-37-34-31-28-25-23-26-29-32-35-38-41-45-49-53-57-61-65-76-70(75)64-60-56-52-48-42-14-12-10-8-6-4-2/h10,12,23,26,28,31,58,62,67-68,72-73H,3-9,11,13-22,24-25,27,29-30,32-57,59-61,63-66H2,1-2H3,(H,71,74)/b12-10-,26-23-,31-28-,62-58+. The van der Waals surface area contributed by atoms with Crippen LogP contribution in [0.4, 0.5) is 0 Å². The third kappa shape index (κ3) is 61.0. The van der Waals surface area contributed by atoms with Gasteiger partial charge in [0.05, 0.1) is 25.4 Å². The van der Waals surface area contributed by atoms with E-state index in [1.807, 2.05) is 6.08 Å². The molecule has 0 aliphatic rings. The zero-order chi connectivity index (χ0) is 55.0. The van der Waals surface area contributed by atoms with Gasteiger partial charge in [-0.3, -0.25) is 9.59 Å². The van der Waals surface area contributed by atoms with Gasteiger partial charge in [-0.2, -0.15) is 0 Å². The molecule has 446 valence electrons. The largest absolute Gasteiger partial charge is 0.466 e. The molecule has 0 aliphatic heterocycles. The van der Waals surface area contributed by atoms with Crippen molar-refractivity contribution in [3.8, 4) is 0 Å². The van der Waals surface area contributed by atoms with E-state index < -0.39 is 12.1 Å². The summed E-state index contributed by atoms with van der Waals surface area (Å²) in [4.78, 5) is 24.5. The lowest BCUT2D eigenvalue weighted by Gasteiger charge is -2.20. The number of carbonyl (C=O) groups is 2. The van der Waals surface area contributed by atoms with E-state index in [0.717, 1.165) is 64.2 Å². The van der Waals surface area contributed by atoms with Crippen molar-refractivity contribution in [2.45, 2.75) is 373 Å². The van der Waals surface area contributed by atoms with E-state index in [1.165, 1.54) is 270 Å². The number of aliphatic hydroxyl groups excluding tert-OH is 2. The van der Waals surface area contributed by atoms with Crippen LogP contribution in [0.15, 0.2) is 48.6 Å². The molecule has 6 heteroatoms. The van der Waals surface area contributed by atoms with Crippen molar-refractivity contribution in [1.82, 2.24) is 5.32 Å². The minimum atomic E-state index is -0.854. The summed E-state index contributed by atoms with van der Waals surface area (Å²) >= 11 is 0. The molecular formula is C70H131NO5. The van der Waals surface area contributed by atoms with Crippen LogP contribution in [-0.4, -0.2) is 47.4 Å². The maximum Gasteiger partial charge on any atom is 0.305 e. The summed E-state index contributed by atoms with van der Waals surface area (Å²) in [6.45, 7) is 4.88. The third-order valence-corrected chi connectivity index (χ3v) is 15.6. The molecule has 0 aromatic heterocycles. The number of ether oxygens (including phenoxy) is 1. The number of unbranched alkanes of at least 4 members (excludes halogenated alkanes) is 46. The molecule has 0 aliphatic carbocycles. The Balaban J connectivity index is 3.49. The molecule has 1 amide bonds. The van der Waals surface area contributed by atoms with Gasteiger partial charge in [-0.05, 0) is 83.5 Å². The van der Waals surface area contributed by atoms with Gasteiger partial charge >= 0.3 is 5.97 Å². The Kier molecular flexibility index (Phi) is 63.5. The Morgan fingerprint density at radius 1 is 0.368 bits per heavy atom. The Bertz CT molecular complexity index is 1270. The maximum atomic E-state index is 12.5. The molecular weight excluding hydrogens is 935 g/mol. The van der Waals surface area contributed by atoms with Crippen molar-refractivity contribution >= 4 is 11.9 Å². The first kappa shape index (κ1) is 73.8. The highest BCUT2D eigenvalue weighted by molar-refractivity contribution is 5.76. The molecule has 0 spiro atoms. The Morgan fingerprint density at radius 2 is 0.671 bits per heavy atom. The first-order valence-corrected chi connectivity index (χ1v) is 33.9. The van der Waals surface area contributed by atoms with Crippen LogP contribution in [-0.2, 0) is 14.3 Å². The van der Waals surface area contributed by atoms with E-state index in [0.29, 0.717) is 19.4 Å². The highest BCUT2D eigenvalue weighted by Gasteiger charge is 2.18. The van der Waals surface area contributed by atoms with Gasteiger partial charge in [0.15, 0.2) is 0 Å². The van der Waals surface area contributed by atoms with Crippen molar-refractivity contribution in [1.29, 1.82) is 0 Å². The van der Waals surface area contributed by atoms with E-state index in [1.54, 1.807) is 6.08 Å². The number of rotatable bonds is 63. The van der Waals surface area contributed by atoms with Crippen LogP contribution in [0.25, 0.3) is 0 Å². The molecule has 0 saturated carbocycles. The second kappa shape index (κ2) is 65.3. The van der Waals surface area contributed by atoms with Gasteiger partial charge < -0.3 is 20.3 Å². The molecule has 2 atom stereocenters. The fourth-order valence-corrected chi connectivity index (χ4v) is 10.4. The fourth-order valence-electron chi connectivity index (χ4n) is 10.4. The van der Waals surface area contributed by atoms with Crippen LogP contribution in [0.2, 0.25) is 0 Å². The van der Waals surface area contributed by atoms with Gasteiger partial charge in [0.25, 0.3) is 0 Å². The summed E-state index contributed by atoms with van der Waals surface area (Å²) in [5.41, 5.74) is 0.